The fourth-order valence-electron chi connectivity index (χ4n) is 2.50. The number of carbonyl (C=O) groups excluding carboxylic acids is 1. The number of piperidine rings is 1. The first-order valence-electron chi connectivity index (χ1n) is 7.16. The molecular weight excluding hydrogens is 272 g/mol. The summed E-state index contributed by atoms with van der Waals surface area (Å²) >= 11 is 0. The van der Waals surface area contributed by atoms with Crippen molar-refractivity contribution in [1.82, 2.24) is 10.6 Å². The first-order valence-corrected chi connectivity index (χ1v) is 7.16. The monoisotopic (exact) mass is 296 g/mol. The van der Waals surface area contributed by atoms with Gasteiger partial charge in [0.25, 0.3) is 0 Å². The Balaban J connectivity index is 0.00000200. The van der Waals surface area contributed by atoms with Crippen LogP contribution in [0.4, 0.5) is 0 Å². The van der Waals surface area contributed by atoms with E-state index in [1.165, 1.54) is 12.0 Å². The Morgan fingerprint density at radius 1 is 1.30 bits per heavy atom. The second-order valence-electron chi connectivity index (χ2n) is 5.97. The highest BCUT2D eigenvalue weighted by atomic mass is 35.5. The summed E-state index contributed by atoms with van der Waals surface area (Å²) in [5.41, 5.74) is 1.22. The Morgan fingerprint density at radius 3 is 2.60 bits per heavy atom. The third-order valence-corrected chi connectivity index (χ3v) is 3.89. The van der Waals surface area contributed by atoms with Crippen LogP contribution in [0.25, 0.3) is 0 Å². The molecule has 2 rings (SSSR count). The quantitative estimate of drug-likeness (QED) is 0.897. The zero-order valence-electron chi connectivity index (χ0n) is 12.3. The van der Waals surface area contributed by atoms with E-state index in [4.69, 9.17) is 0 Å². The minimum absolute atomic E-state index is 0. The molecule has 112 valence electrons. The van der Waals surface area contributed by atoms with E-state index in [-0.39, 0.29) is 29.8 Å². The summed E-state index contributed by atoms with van der Waals surface area (Å²) < 4.78 is 0. The van der Waals surface area contributed by atoms with Gasteiger partial charge in [0, 0.05) is 12.0 Å². The summed E-state index contributed by atoms with van der Waals surface area (Å²) in [7, 11) is 0. The summed E-state index contributed by atoms with van der Waals surface area (Å²) in [5, 5.41) is 6.37. The number of hydrogen-bond acceptors (Lipinski definition) is 2. The molecule has 0 unspecified atom stereocenters. The zero-order chi connectivity index (χ0) is 13.7. The molecule has 1 heterocycles. The van der Waals surface area contributed by atoms with Crippen LogP contribution in [0, 0.1) is 0 Å². The minimum Gasteiger partial charge on any atom is -0.354 e. The van der Waals surface area contributed by atoms with Crippen LogP contribution in [0.3, 0.4) is 0 Å². The van der Waals surface area contributed by atoms with Gasteiger partial charge in [0.2, 0.25) is 5.91 Å². The highest BCUT2D eigenvalue weighted by Crippen LogP contribution is 2.21. The van der Waals surface area contributed by atoms with Gasteiger partial charge in [0.1, 0.15) is 0 Å². The molecule has 1 aromatic rings. The molecule has 0 saturated carbocycles. The lowest BCUT2D eigenvalue weighted by Gasteiger charge is -2.28. The Kier molecular flexibility index (Phi) is 6.50. The maximum Gasteiger partial charge on any atom is 0.237 e. The lowest BCUT2D eigenvalue weighted by atomic mass is 9.84. The van der Waals surface area contributed by atoms with E-state index in [2.05, 4.69) is 36.6 Å². The Hall–Kier alpha value is -1.06. The molecule has 1 saturated heterocycles. The summed E-state index contributed by atoms with van der Waals surface area (Å²) in [4.78, 5) is 12.1. The van der Waals surface area contributed by atoms with Crippen molar-refractivity contribution in [2.45, 2.75) is 44.6 Å². The van der Waals surface area contributed by atoms with Crippen LogP contribution in [0.1, 0.15) is 38.7 Å². The second-order valence-corrected chi connectivity index (χ2v) is 5.97. The van der Waals surface area contributed by atoms with Crippen LogP contribution in [0.15, 0.2) is 30.3 Å². The standard InChI is InChI=1S/C16H24N2O.ClH/c1-16(2,13-8-4-3-5-9-13)12-18-15(19)14-10-6-7-11-17-14;/h3-5,8-9,14,17H,6-7,10-12H2,1-2H3,(H,18,19);1H/t14-;/m0./s1. The first-order chi connectivity index (χ1) is 9.09. The highest BCUT2D eigenvalue weighted by molar-refractivity contribution is 5.85. The molecule has 0 bridgehead atoms. The molecule has 0 spiro atoms. The van der Waals surface area contributed by atoms with Crippen molar-refractivity contribution >= 4 is 18.3 Å². The second kappa shape index (κ2) is 7.65. The first kappa shape index (κ1) is 17.0. The maximum atomic E-state index is 12.1. The molecule has 0 aromatic heterocycles. The SMILES string of the molecule is CC(C)(CNC(=O)[C@@H]1CCCCN1)c1ccccc1.Cl. The van der Waals surface area contributed by atoms with Crippen LogP contribution >= 0.6 is 12.4 Å². The van der Waals surface area contributed by atoms with Crippen LogP contribution < -0.4 is 10.6 Å². The predicted molar refractivity (Wildman–Crippen MR) is 85.4 cm³/mol. The van der Waals surface area contributed by atoms with Crippen molar-refractivity contribution in [2.75, 3.05) is 13.1 Å². The van der Waals surface area contributed by atoms with E-state index in [1.807, 2.05) is 18.2 Å². The van der Waals surface area contributed by atoms with Crippen LogP contribution in [0.5, 0.6) is 0 Å². The number of nitrogens with one attached hydrogen (secondary N) is 2. The lowest BCUT2D eigenvalue weighted by molar-refractivity contribution is -0.123. The molecule has 1 amide bonds. The minimum atomic E-state index is -0.0361. The van der Waals surface area contributed by atoms with Gasteiger partial charge in [-0.15, -0.1) is 12.4 Å². The summed E-state index contributed by atoms with van der Waals surface area (Å²) in [5.74, 6) is 0.142. The average molecular weight is 297 g/mol. The van der Waals surface area contributed by atoms with Crippen LogP contribution in [-0.2, 0) is 10.2 Å². The molecular formula is C16H25ClN2O. The van der Waals surface area contributed by atoms with Crippen molar-refractivity contribution in [2.24, 2.45) is 0 Å². The van der Waals surface area contributed by atoms with Crippen molar-refractivity contribution in [1.29, 1.82) is 0 Å². The van der Waals surface area contributed by atoms with Gasteiger partial charge < -0.3 is 10.6 Å². The predicted octanol–water partition coefficient (Wildman–Crippen LogP) is 2.64. The van der Waals surface area contributed by atoms with Crippen molar-refractivity contribution in [3.8, 4) is 0 Å². The van der Waals surface area contributed by atoms with Gasteiger partial charge in [-0.3, -0.25) is 4.79 Å². The van der Waals surface area contributed by atoms with E-state index < -0.39 is 0 Å². The van der Waals surface area contributed by atoms with Crippen molar-refractivity contribution in [3.63, 3.8) is 0 Å². The number of amides is 1. The zero-order valence-corrected chi connectivity index (χ0v) is 13.1. The number of hydrogen-bond donors (Lipinski definition) is 2. The highest BCUT2D eigenvalue weighted by Gasteiger charge is 2.24. The van der Waals surface area contributed by atoms with Gasteiger partial charge in [0.15, 0.2) is 0 Å². The van der Waals surface area contributed by atoms with E-state index in [0.29, 0.717) is 6.54 Å². The molecule has 1 atom stereocenters. The van der Waals surface area contributed by atoms with Gasteiger partial charge in [-0.25, -0.2) is 0 Å². The van der Waals surface area contributed by atoms with Gasteiger partial charge in [0.05, 0.1) is 6.04 Å². The Bertz CT molecular complexity index is 414. The number of rotatable bonds is 4. The topological polar surface area (TPSA) is 41.1 Å². The van der Waals surface area contributed by atoms with E-state index in [0.717, 1.165) is 19.4 Å². The largest absolute Gasteiger partial charge is 0.354 e. The van der Waals surface area contributed by atoms with E-state index in [1.54, 1.807) is 0 Å². The molecule has 3 nitrogen and oxygen atoms in total. The third kappa shape index (κ3) is 4.50. The summed E-state index contributed by atoms with van der Waals surface area (Å²) in [6, 6.07) is 10.3. The fraction of sp³-hybridized carbons (Fsp3) is 0.562. The smallest absolute Gasteiger partial charge is 0.237 e. The molecule has 0 aliphatic carbocycles. The molecule has 1 aliphatic rings. The normalized spacial score (nSPS) is 19.0. The number of benzene rings is 1. The number of halogens is 1. The number of carbonyl (C=O) groups is 1. The summed E-state index contributed by atoms with van der Waals surface area (Å²) in [6.45, 7) is 5.96. The average Bonchev–Trinajstić information content (AvgIpc) is 2.47. The molecule has 4 heteroatoms. The molecule has 2 N–H and O–H groups in total. The van der Waals surface area contributed by atoms with E-state index >= 15 is 0 Å². The molecule has 20 heavy (non-hydrogen) atoms. The fourth-order valence-corrected chi connectivity index (χ4v) is 2.50. The molecule has 1 fully saturated rings. The Morgan fingerprint density at radius 2 is 2.00 bits per heavy atom. The maximum absolute atomic E-state index is 12.1. The Labute approximate surface area is 127 Å². The molecule has 0 radical (unpaired) electrons. The van der Waals surface area contributed by atoms with Gasteiger partial charge in [-0.1, -0.05) is 50.6 Å². The van der Waals surface area contributed by atoms with E-state index in [9.17, 15) is 4.79 Å². The molecule has 1 aliphatic heterocycles. The third-order valence-electron chi connectivity index (χ3n) is 3.89. The van der Waals surface area contributed by atoms with Crippen molar-refractivity contribution in [3.05, 3.63) is 35.9 Å². The van der Waals surface area contributed by atoms with Gasteiger partial charge in [-0.05, 0) is 24.9 Å². The van der Waals surface area contributed by atoms with Gasteiger partial charge >= 0.3 is 0 Å². The lowest BCUT2D eigenvalue weighted by Crippen LogP contribution is -2.49. The van der Waals surface area contributed by atoms with Crippen LogP contribution in [-0.4, -0.2) is 25.0 Å². The van der Waals surface area contributed by atoms with Crippen molar-refractivity contribution < 1.29 is 4.79 Å². The molecule has 1 aromatic carbocycles. The summed E-state index contributed by atoms with van der Waals surface area (Å²) in [6.07, 6.45) is 3.28. The van der Waals surface area contributed by atoms with Crippen LogP contribution in [0.2, 0.25) is 0 Å². The van der Waals surface area contributed by atoms with Gasteiger partial charge in [-0.2, -0.15) is 0 Å².